The van der Waals surface area contributed by atoms with Gasteiger partial charge in [0.05, 0.1) is 19.1 Å². The van der Waals surface area contributed by atoms with Gasteiger partial charge in [0.25, 0.3) is 0 Å². The minimum atomic E-state index is -0.662. The molecule has 0 spiro atoms. The molecular formula is C12H11N3O3. The average molecular weight is 245 g/mol. The summed E-state index contributed by atoms with van der Waals surface area (Å²) in [6.45, 7) is 0.204. The molecule has 18 heavy (non-hydrogen) atoms. The summed E-state index contributed by atoms with van der Waals surface area (Å²) >= 11 is 0. The number of hydrogen-bond acceptors (Lipinski definition) is 5. The lowest BCUT2D eigenvalue weighted by Gasteiger charge is -2.08. The highest BCUT2D eigenvalue weighted by atomic mass is 16.4. The van der Waals surface area contributed by atoms with E-state index in [0.717, 1.165) is 5.56 Å². The van der Waals surface area contributed by atoms with Gasteiger partial charge in [0.1, 0.15) is 0 Å². The number of nitrogens with zero attached hydrogens (tertiary/aromatic N) is 3. The predicted octanol–water partition coefficient (Wildman–Crippen LogP) is 0.834. The van der Waals surface area contributed by atoms with Gasteiger partial charge in [-0.3, -0.25) is 9.69 Å². The number of hydrogen-bond donors (Lipinski definition) is 1. The highest BCUT2D eigenvalue weighted by Crippen LogP contribution is 2.24. The van der Waals surface area contributed by atoms with Crippen LogP contribution in [0.2, 0.25) is 0 Å². The number of anilines is 1. The van der Waals surface area contributed by atoms with E-state index in [2.05, 4.69) is 10.2 Å². The van der Waals surface area contributed by atoms with Gasteiger partial charge in [0.2, 0.25) is 11.8 Å². The third-order valence-corrected chi connectivity index (χ3v) is 2.77. The Morgan fingerprint density at radius 2 is 2.06 bits per heavy atom. The van der Waals surface area contributed by atoms with Crippen molar-refractivity contribution in [3.8, 4) is 11.5 Å². The van der Waals surface area contributed by atoms with Crippen LogP contribution in [-0.2, 0) is 4.79 Å². The molecule has 1 amide bonds. The molecule has 2 aromatic rings. The molecule has 0 aliphatic carbocycles. The fraction of sp³-hybridized carbons (Fsp3) is 0.250. The summed E-state index contributed by atoms with van der Waals surface area (Å²) in [6, 6.07) is 9.45. The SMILES string of the molecule is O=C1CC(O)CN1c1nnc(-c2ccccc2)o1. The zero-order valence-corrected chi connectivity index (χ0v) is 9.48. The van der Waals surface area contributed by atoms with E-state index in [1.54, 1.807) is 0 Å². The minimum absolute atomic E-state index is 0.100. The molecule has 92 valence electrons. The van der Waals surface area contributed by atoms with Gasteiger partial charge in [0, 0.05) is 5.56 Å². The molecule has 1 aromatic heterocycles. The van der Waals surface area contributed by atoms with Gasteiger partial charge in [-0.2, -0.15) is 0 Å². The van der Waals surface area contributed by atoms with Gasteiger partial charge in [-0.05, 0) is 12.1 Å². The molecule has 1 atom stereocenters. The smallest absolute Gasteiger partial charge is 0.325 e. The Morgan fingerprint density at radius 3 is 2.72 bits per heavy atom. The normalized spacial score (nSPS) is 19.5. The highest BCUT2D eigenvalue weighted by molar-refractivity contribution is 5.94. The quantitative estimate of drug-likeness (QED) is 0.847. The number of benzene rings is 1. The van der Waals surface area contributed by atoms with Crippen LogP contribution in [0.4, 0.5) is 6.01 Å². The van der Waals surface area contributed by atoms with Crippen LogP contribution in [0, 0.1) is 0 Å². The van der Waals surface area contributed by atoms with Crippen LogP contribution >= 0.6 is 0 Å². The Balaban J connectivity index is 1.88. The minimum Gasteiger partial charge on any atom is -0.403 e. The third kappa shape index (κ3) is 1.86. The molecule has 1 fully saturated rings. The van der Waals surface area contributed by atoms with Gasteiger partial charge >= 0.3 is 6.01 Å². The molecule has 0 saturated carbocycles. The van der Waals surface area contributed by atoms with Crippen LogP contribution in [0.25, 0.3) is 11.5 Å². The number of carbonyl (C=O) groups is 1. The van der Waals surface area contributed by atoms with Gasteiger partial charge < -0.3 is 9.52 Å². The Hall–Kier alpha value is -2.21. The Bertz CT molecular complexity index is 567. The number of aliphatic hydroxyl groups is 1. The lowest BCUT2D eigenvalue weighted by Crippen LogP contribution is -2.25. The summed E-state index contributed by atoms with van der Waals surface area (Å²) in [7, 11) is 0. The lowest BCUT2D eigenvalue weighted by molar-refractivity contribution is -0.117. The van der Waals surface area contributed by atoms with Gasteiger partial charge in [-0.15, -0.1) is 5.10 Å². The fourth-order valence-electron chi connectivity index (χ4n) is 1.90. The van der Waals surface area contributed by atoms with Crippen molar-refractivity contribution < 1.29 is 14.3 Å². The second kappa shape index (κ2) is 4.23. The van der Waals surface area contributed by atoms with E-state index in [0.29, 0.717) is 5.89 Å². The molecule has 6 nitrogen and oxygen atoms in total. The molecule has 3 rings (SSSR count). The van der Waals surface area contributed by atoms with Crippen molar-refractivity contribution in [3.63, 3.8) is 0 Å². The van der Waals surface area contributed by atoms with Crippen molar-refractivity contribution in [1.82, 2.24) is 10.2 Å². The summed E-state index contributed by atoms with van der Waals surface area (Å²) in [5.41, 5.74) is 0.795. The van der Waals surface area contributed by atoms with Crippen LogP contribution in [0.1, 0.15) is 6.42 Å². The van der Waals surface area contributed by atoms with Crippen LogP contribution in [-0.4, -0.2) is 33.9 Å². The molecule has 1 N–H and O–H groups in total. The fourth-order valence-corrected chi connectivity index (χ4v) is 1.90. The summed E-state index contributed by atoms with van der Waals surface area (Å²) in [4.78, 5) is 12.9. The number of amides is 1. The predicted molar refractivity (Wildman–Crippen MR) is 62.7 cm³/mol. The number of carbonyl (C=O) groups excluding carboxylic acids is 1. The number of β-amino-alcohol motifs (C(OH)–C–C–N with tert-alkyl or cyclic N) is 1. The highest BCUT2D eigenvalue weighted by Gasteiger charge is 2.32. The zero-order valence-electron chi connectivity index (χ0n) is 9.48. The van der Waals surface area contributed by atoms with E-state index in [1.807, 2.05) is 30.3 Å². The Kier molecular flexibility index (Phi) is 2.56. The number of aromatic nitrogens is 2. The maximum Gasteiger partial charge on any atom is 0.325 e. The van der Waals surface area contributed by atoms with Crippen LogP contribution in [0.3, 0.4) is 0 Å². The van der Waals surface area contributed by atoms with Gasteiger partial charge in [-0.1, -0.05) is 23.3 Å². The van der Waals surface area contributed by atoms with E-state index >= 15 is 0 Å². The van der Waals surface area contributed by atoms with E-state index < -0.39 is 6.10 Å². The van der Waals surface area contributed by atoms with Gasteiger partial charge in [-0.25, -0.2) is 0 Å². The standard InChI is InChI=1S/C12H11N3O3/c16-9-6-10(17)15(7-9)12-14-13-11(18-12)8-4-2-1-3-5-8/h1-5,9,16H,6-7H2. The molecule has 2 heterocycles. The van der Waals surface area contributed by atoms with Crippen LogP contribution in [0.15, 0.2) is 34.7 Å². The lowest BCUT2D eigenvalue weighted by atomic mass is 10.2. The van der Waals surface area contributed by atoms with Crippen molar-refractivity contribution in [2.24, 2.45) is 0 Å². The van der Waals surface area contributed by atoms with Crippen molar-refractivity contribution in [1.29, 1.82) is 0 Å². The Labute approximate surface area is 103 Å². The molecular weight excluding hydrogens is 234 g/mol. The number of aliphatic hydroxyl groups excluding tert-OH is 1. The summed E-state index contributed by atoms with van der Waals surface area (Å²) < 4.78 is 5.44. The van der Waals surface area contributed by atoms with E-state index in [1.165, 1.54) is 4.90 Å². The zero-order chi connectivity index (χ0) is 12.5. The summed E-state index contributed by atoms with van der Waals surface area (Å²) in [5, 5.41) is 17.1. The second-order valence-electron chi connectivity index (χ2n) is 4.12. The van der Waals surface area contributed by atoms with Gasteiger partial charge in [0.15, 0.2) is 0 Å². The molecule has 1 unspecified atom stereocenters. The summed E-state index contributed by atoms with van der Waals surface area (Å²) in [5.74, 6) is 0.158. The summed E-state index contributed by atoms with van der Waals surface area (Å²) in [6.07, 6.45) is -0.562. The molecule has 1 aromatic carbocycles. The van der Waals surface area contributed by atoms with Crippen molar-refractivity contribution >= 4 is 11.9 Å². The maximum atomic E-state index is 11.6. The molecule has 0 bridgehead atoms. The van der Waals surface area contributed by atoms with Crippen molar-refractivity contribution in [2.45, 2.75) is 12.5 Å². The van der Waals surface area contributed by atoms with E-state index in [-0.39, 0.29) is 24.9 Å². The molecule has 0 radical (unpaired) electrons. The first-order chi connectivity index (χ1) is 8.74. The topological polar surface area (TPSA) is 79.5 Å². The first-order valence-corrected chi connectivity index (χ1v) is 5.61. The molecule has 1 aliphatic rings. The van der Waals surface area contributed by atoms with Crippen molar-refractivity contribution in [3.05, 3.63) is 30.3 Å². The van der Waals surface area contributed by atoms with Crippen LogP contribution < -0.4 is 4.90 Å². The molecule has 6 heteroatoms. The first kappa shape index (κ1) is 10.9. The monoisotopic (exact) mass is 245 g/mol. The average Bonchev–Trinajstić information content (AvgIpc) is 2.97. The van der Waals surface area contributed by atoms with E-state index in [4.69, 9.17) is 4.42 Å². The first-order valence-electron chi connectivity index (χ1n) is 5.61. The van der Waals surface area contributed by atoms with E-state index in [9.17, 15) is 9.90 Å². The molecule has 1 saturated heterocycles. The largest absolute Gasteiger partial charge is 0.403 e. The van der Waals surface area contributed by atoms with Crippen LogP contribution in [0.5, 0.6) is 0 Å². The maximum absolute atomic E-state index is 11.6. The third-order valence-electron chi connectivity index (χ3n) is 2.77. The molecule has 1 aliphatic heterocycles. The Morgan fingerprint density at radius 1 is 1.28 bits per heavy atom. The second-order valence-corrected chi connectivity index (χ2v) is 4.12. The number of rotatable bonds is 2. The van der Waals surface area contributed by atoms with Crippen molar-refractivity contribution in [2.75, 3.05) is 11.4 Å².